The predicted molar refractivity (Wildman–Crippen MR) is 46.2 cm³/mol. The summed E-state index contributed by atoms with van der Waals surface area (Å²) in [7, 11) is 0. The maximum Gasteiger partial charge on any atom is 0.161 e. The molecule has 0 atom stereocenters. The molecule has 1 aromatic rings. The van der Waals surface area contributed by atoms with Crippen molar-refractivity contribution in [2.45, 2.75) is 26.2 Å². The van der Waals surface area contributed by atoms with Gasteiger partial charge in [-0.15, -0.1) is 0 Å². The predicted octanol–water partition coefficient (Wildman–Crippen LogP) is 2.25. The fourth-order valence-electron chi connectivity index (χ4n) is 0.698. The lowest BCUT2D eigenvalue weighted by molar-refractivity contribution is 0.112. The molecule has 0 aliphatic carbocycles. The monoisotopic (exact) mass is 169 g/mol. The van der Waals surface area contributed by atoms with Gasteiger partial charge in [0.15, 0.2) is 6.29 Å². The molecule has 3 heteroatoms. The number of rotatable bonds is 1. The summed E-state index contributed by atoms with van der Waals surface area (Å²) >= 11 is 1.26. The molecule has 0 aliphatic rings. The average Bonchev–Trinajstić information content (AvgIpc) is 2.32. The highest BCUT2D eigenvalue weighted by atomic mass is 32.1. The molecule has 0 aromatic carbocycles. The van der Waals surface area contributed by atoms with Crippen molar-refractivity contribution in [2.24, 2.45) is 0 Å². The summed E-state index contributed by atoms with van der Waals surface area (Å²) in [5, 5.41) is 0. The van der Waals surface area contributed by atoms with Crippen molar-refractivity contribution in [1.82, 2.24) is 4.37 Å². The maximum absolute atomic E-state index is 10.3. The van der Waals surface area contributed by atoms with Crippen LogP contribution < -0.4 is 0 Å². The van der Waals surface area contributed by atoms with Crippen LogP contribution in [0.5, 0.6) is 0 Å². The van der Waals surface area contributed by atoms with Gasteiger partial charge >= 0.3 is 0 Å². The Morgan fingerprint density at radius 2 is 2.18 bits per heavy atom. The molecular formula is C8H11NOS. The molecule has 0 radical (unpaired) electrons. The molecule has 0 fully saturated rings. The number of aldehydes is 1. The standard InChI is InChI=1S/C8H11NOS/c1-8(2,3)7-4-6(5-10)11-9-7/h4-5H,1-3H3. The Morgan fingerprint density at radius 3 is 2.45 bits per heavy atom. The van der Waals surface area contributed by atoms with Crippen molar-refractivity contribution < 1.29 is 4.79 Å². The second-order valence-electron chi connectivity index (χ2n) is 3.48. The Labute approximate surface area is 70.4 Å². The molecule has 0 unspecified atom stereocenters. The molecule has 0 amide bonds. The topological polar surface area (TPSA) is 30.0 Å². The fourth-order valence-corrected chi connectivity index (χ4v) is 1.44. The Kier molecular flexibility index (Phi) is 2.09. The van der Waals surface area contributed by atoms with Gasteiger partial charge in [-0.3, -0.25) is 4.79 Å². The van der Waals surface area contributed by atoms with Crippen molar-refractivity contribution in [3.05, 3.63) is 16.6 Å². The quantitative estimate of drug-likeness (QED) is 0.603. The van der Waals surface area contributed by atoms with E-state index in [-0.39, 0.29) is 5.41 Å². The zero-order chi connectivity index (χ0) is 8.48. The number of hydrogen-bond donors (Lipinski definition) is 0. The summed E-state index contributed by atoms with van der Waals surface area (Å²) < 4.78 is 4.17. The normalized spacial score (nSPS) is 11.5. The molecule has 0 N–H and O–H groups in total. The highest BCUT2D eigenvalue weighted by Crippen LogP contribution is 2.22. The Bertz CT molecular complexity index is 259. The molecule has 11 heavy (non-hydrogen) atoms. The first kappa shape index (κ1) is 8.40. The van der Waals surface area contributed by atoms with Crippen LogP contribution in [-0.4, -0.2) is 10.7 Å². The molecule has 1 heterocycles. The molecule has 1 rings (SSSR count). The van der Waals surface area contributed by atoms with Gasteiger partial charge in [0, 0.05) is 5.41 Å². The minimum Gasteiger partial charge on any atom is -0.297 e. The zero-order valence-electron chi connectivity index (χ0n) is 6.92. The second-order valence-corrected chi connectivity index (χ2v) is 4.32. The molecule has 0 bridgehead atoms. The maximum atomic E-state index is 10.3. The van der Waals surface area contributed by atoms with Crippen LogP contribution in [0, 0.1) is 0 Å². The summed E-state index contributed by atoms with van der Waals surface area (Å²) in [6.07, 6.45) is 0.840. The minimum atomic E-state index is 0.0533. The van der Waals surface area contributed by atoms with Gasteiger partial charge in [0.25, 0.3) is 0 Å². The molecule has 0 saturated heterocycles. The molecule has 1 aromatic heterocycles. The van der Waals surface area contributed by atoms with Crippen LogP contribution in [-0.2, 0) is 5.41 Å². The fraction of sp³-hybridized carbons (Fsp3) is 0.500. The van der Waals surface area contributed by atoms with Crippen molar-refractivity contribution in [2.75, 3.05) is 0 Å². The third-order valence-electron chi connectivity index (χ3n) is 1.41. The molecule has 0 spiro atoms. The first-order chi connectivity index (χ1) is 5.04. The van der Waals surface area contributed by atoms with E-state index in [1.807, 2.05) is 6.07 Å². The van der Waals surface area contributed by atoms with E-state index < -0.39 is 0 Å². The van der Waals surface area contributed by atoms with Crippen LogP contribution in [0.4, 0.5) is 0 Å². The third-order valence-corrected chi connectivity index (χ3v) is 2.13. The third kappa shape index (κ3) is 1.87. The molecular weight excluding hydrogens is 158 g/mol. The van der Waals surface area contributed by atoms with Gasteiger partial charge in [-0.25, -0.2) is 0 Å². The van der Waals surface area contributed by atoms with E-state index in [1.54, 1.807) is 0 Å². The lowest BCUT2D eigenvalue weighted by Crippen LogP contribution is -2.10. The summed E-state index contributed by atoms with van der Waals surface area (Å²) in [6.45, 7) is 6.24. The summed E-state index contributed by atoms with van der Waals surface area (Å²) in [5.74, 6) is 0. The Balaban J connectivity index is 2.98. The van der Waals surface area contributed by atoms with Crippen molar-refractivity contribution in [3.8, 4) is 0 Å². The van der Waals surface area contributed by atoms with Crippen LogP contribution in [0.3, 0.4) is 0 Å². The van der Waals surface area contributed by atoms with Crippen LogP contribution >= 0.6 is 11.5 Å². The van der Waals surface area contributed by atoms with Gasteiger partial charge in [0.1, 0.15) is 0 Å². The van der Waals surface area contributed by atoms with E-state index in [0.29, 0.717) is 4.88 Å². The number of carbonyl (C=O) groups is 1. The summed E-state index contributed by atoms with van der Waals surface area (Å²) in [6, 6.07) is 1.84. The molecule has 2 nitrogen and oxygen atoms in total. The van der Waals surface area contributed by atoms with Crippen molar-refractivity contribution >= 4 is 17.8 Å². The first-order valence-corrected chi connectivity index (χ1v) is 4.24. The van der Waals surface area contributed by atoms with E-state index in [1.165, 1.54) is 11.5 Å². The van der Waals surface area contributed by atoms with Crippen LogP contribution in [0.2, 0.25) is 0 Å². The number of carbonyl (C=O) groups excluding carboxylic acids is 1. The van der Waals surface area contributed by atoms with E-state index >= 15 is 0 Å². The average molecular weight is 169 g/mol. The SMILES string of the molecule is CC(C)(C)c1cc(C=O)sn1. The minimum absolute atomic E-state index is 0.0533. The van der Waals surface area contributed by atoms with Crippen molar-refractivity contribution in [1.29, 1.82) is 0 Å². The van der Waals surface area contributed by atoms with Crippen LogP contribution in [0.15, 0.2) is 6.07 Å². The lowest BCUT2D eigenvalue weighted by atomic mass is 9.92. The van der Waals surface area contributed by atoms with Crippen molar-refractivity contribution in [3.63, 3.8) is 0 Å². The summed E-state index contributed by atoms with van der Waals surface area (Å²) in [4.78, 5) is 11.0. The number of hydrogen-bond acceptors (Lipinski definition) is 3. The Morgan fingerprint density at radius 1 is 1.55 bits per heavy atom. The molecule has 0 saturated carbocycles. The van der Waals surface area contributed by atoms with Gasteiger partial charge in [-0.1, -0.05) is 20.8 Å². The van der Waals surface area contributed by atoms with Crippen LogP contribution in [0.1, 0.15) is 36.1 Å². The van der Waals surface area contributed by atoms with E-state index in [0.717, 1.165) is 12.0 Å². The van der Waals surface area contributed by atoms with Gasteiger partial charge in [-0.05, 0) is 17.6 Å². The smallest absolute Gasteiger partial charge is 0.161 e. The molecule has 60 valence electrons. The first-order valence-electron chi connectivity index (χ1n) is 3.46. The van der Waals surface area contributed by atoms with E-state index in [9.17, 15) is 4.79 Å². The molecule has 0 aliphatic heterocycles. The second kappa shape index (κ2) is 2.74. The van der Waals surface area contributed by atoms with E-state index in [2.05, 4.69) is 25.1 Å². The Hall–Kier alpha value is -0.700. The largest absolute Gasteiger partial charge is 0.297 e. The van der Waals surface area contributed by atoms with Gasteiger partial charge in [0.2, 0.25) is 0 Å². The lowest BCUT2D eigenvalue weighted by Gasteiger charge is -2.13. The highest BCUT2D eigenvalue weighted by molar-refractivity contribution is 7.07. The van der Waals surface area contributed by atoms with Crippen LogP contribution in [0.25, 0.3) is 0 Å². The summed E-state index contributed by atoms with van der Waals surface area (Å²) in [5.41, 5.74) is 1.04. The number of aromatic nitrogens is 1. The van der Waals surface area contributed by atoms with E-state index in [4.69, 9.17) is 0 Å². The van der Waals surface area contributed by atoms with Gasteiger partial charge in [-0.2, -0.15) is 4.37 Å². The van der Waals surface area contributed by atoms with Gasteiger partial charge < -0.3 is 0 Å². The van der Waals surface area contributed by atoms with Gasteiger partial charge in [0.05, 0.1) is 10.6 Å². The highest BCUT2D eigenvalue weighted by Gasteiger charge is 2.16. The zero-order valence-corrected chi connectivity index (χ0v) is 7.73. The number of nitrogens with zero attached hydrogens (tertiary/aromatic N) is 1.